The van der Waals surface area contributed by atoms with Crippen LogP contribution in [0.4, 0.5) is 0 Å². The van der Waals surface area contributed by atoms with E-state index in [1.54, 1.807) is 27.2 Å². The Morgan fingerprint density at radius 1 is 1.17 bits per heavy atom. The van der Waals surface area contributed by atoms with Crippen LogP contribution in [0, 0.1) is 0 Å². The van der Waals surface area contributed by atoms with Crippen molar-refractivity contribution in [1.29, 1.82) is 0 Å². The van der Waals surface area contributed by atoms with Gasteiger partial charge in [0.15, 0.2) is 0 Å². The predicted molar refractivity (Wildman–Crippen MR) is 93.7 cm³/mol. The molecule has 2 amide bonds. The highest BCUT2D eigenvalue weighted by molar-refractivity contribution is 5.95. The molecule has 1 aromatic rings. The van der Waals surface area contributed by atoms with E-state index < -0.39 is 6.04 Å². The van der Waals surface area contributed by atoms with Crippen molar-refractivity contribution in [1.82, 2.24) is 10.6 Å². The summed E-state index contributed by atoms with van der Waals surface area (Å²) in [6.45, 7) is 4.05. The number of carbonyl (C=O) groups excluding carboxylic acids is 2. The Morgan fingerprint density at radius 2 is 1.83 bits per heavy atom. The second kappa shape index (κ2) is 10.4. The lowest BCUT2D eigenvalue weighted by Gasteiger charge is -2.19. The normalized spacial score (nSPS) is 13.3. The second-order valence-corrected chi connectivity index (χ2v) is 5.41. The topological polar surface area (TPSA) is 76.7 Å². The maximum absolute atomic E-state index is 12.0. The molecule has 1 aromatic carbocycles. The summed E-state index contributed by atoms with van der Waals surface area (Å²) in [5.74, 6) is 0.196. The number of hydrogen-bond donors (Lipinski definition) is 2. The van der Waals surface area contributed by atoms with Crippen molar-refractivity contribution in [3.63, 3.8) is 0 Å². The maximum atomic E-state index is 12.0. The van der Waals surface area contributed by atoms with Crippen molar-refractivity contribution in [3.05, 3.63) is 35.9 Å². The van der Waals surface area contributed by atoms with E-state index in [4.69, 9.17) is 9.47 Å². The van der Waals surface area contributed by atoms with Gasteiger partial charge in [0.1, 0.15) is 11.8 Å². The minimum Gasteiger partial charge on any atom is -0.497 e. The van der Waals surface area contributed by atoms with E-state index in [0.29, 0.717) is 6.61 Å². The van der Waals surface area contributed by atoms with Crippen LogP contribution in [-0.4, -0.2) is 44.7 Å². The smallest absolute Gasteiger partial charge is 0.244 e. The van der Waals surface area contributed by atoms with Crippen LogP contribution in [-0.2, 0) is 14.3 Å². The highest BCUT2D eigenvalue weighted by Crippen LogP contribution is 2.12. The molecule has 6 heteroatoms. The average Bonchev–Trinajstić information content (AvgIpc) is 2.59. The third-order valence-corrected chi connectivity index (χ3v) is 3.50. The summed E-state index contributed by atoms with van der Waals surface area (Å²) in [6, 6.07) is 6.63. The Bertz CT molecular complexity index is 555. The van der Waals surface area contributed by atoms with Crippen molar-refractivity contribution in [3.8, 4) is 5.75 Å². The van der Waals surface area contributed by atoms with Crippen molar-refractivity contribution in [2.24, 2.45) is 0 Å². The summed E-state index contributed by atoms with van der Waals surface area (Å²) >= 11 is 0. The predicted octanol–water partition coefficient (Wildman–Crippen LogP) is 1.75. The molecule has 2 atom stereocenters. The maximum Gasteiger partial charge on any atom is 0.244 e. The molecule has 0 saturated carbocycles. The molecule has 6 nitrogen and oxygen atoms in total. The molecule has 0 aliphatic rings. The van der Waals surface area contributed by atoms with E-state index in [2.05, 4.69) is 10.6 Å². The van der Waals surface area contributed by atoms with Gasteiger partial charge in [0, 0.05) is 13.2 Å². The van der Waals surface area contributed by atoms with Crippen molar-refractivity contribution < 1.29 is 19.1 Å². The van der Waals surface area contributed by atoms with Crippen molar-refractivity contribution >= 4 is 17.9 Å². The van der Waals surface area contributed by atoms with Gasteiger partial charge in [-0.25, -0.2) is 0 Å². The first-order chi connectivity index (χ1) is 11.5. The summed E-state index contributed by atoms with van der Waals surface area (Å²) in [5, 5.41) is 5.48. The number of hydrogen-bond acceptors (Lipinski definition) is 4. The van der Waals surface area contributed by atoms with Crippen LogP contribution >= 0.6 is 0 Å². The Hall–Kier alpha value is -2.34. The van der Waals surface area contributed by atoms with E-state index in [0.717, 1.165) is 17.7 Å². The van der Waals surface area contributed by atoms with Crippen LogP contribution in [0.2, 0.25) is 0 Å². The molecule has 0 fully saturated rings. The molecule has 0 bridgehead atoms. The van der Waals surface area contributed by atoms with Crippen LogP contribution in [0.3, 0.4) is 0 Å². The van der Waals surface area contributed by atoms with E-state index >= 15 is 0 Å². The van der Waals surface area contributed by atoms with E-state index in [-0.39, 0.29) is 17.9 Å². The summed E-state index contributed by atoms with van der Waals surface area (Å²) in [4.78, 5) is 24.0. The summed E-state index contributed by atoms with van der Waals surface area (Å²) in [6.07, 6.45) is 3.84. The first-order valence-corrected chi connectivity index (χ1v) is 7.92. The van der Waals surface area contributed by atoms with Crippen molar-refractivity contribution in [2.75, 3.05) is 20.8 Å². The first kappa shape index (κ1) is 19.7. The number of ether oxygens (including phenoxy) is 2. The quantitative estimate of drug-likeness (QED) is 0.675. The zero-order valence-electron chi connectivity index (χ0n) is 14.7. The molecule has 0 aliphatic heterocycles. The Morgan fingerprint density at radius 3 is 2.38 bits per heavy atom. The van der Waals surface area contributed by atoms with Gasteiger partial charge in [0.2, 0.25) is 11.8 Å². The summed E-state index contributed by atoms with van der Waals surface area (Å²) < 4.78 is 10.1. The Balaban J connectivity index is 2.50. The molecule has 0 aliphatic carbocycles. The third-order valence-electron chi connectivity index (χ3n) is 3.50. The minimum atomic E-state index is -0.621. The van der Waals surface area contributed by atoms with Gasteiger partial charge < -0.3 is 20.1 Å². The lowest BCUT2D eigenvalue weighted by Crippen LogP contribution is -2.48. The molecule has 0 saturated heterocycles. The number of amides is 2. The van der Waals surface area contributed by atoms with E-state index in [1.165, 1.54) is 6.08 Å². The van der Waals surface area contributed by atoms with Gasteiger partial charge in [-0.3, -0.25) is 9.59 Å². The Labute approximate surface area is 143 Å². The number of nitrogens with one attached hydrogen (secondary N) is 2. The van der Waals surface area contributed by atoms with E-state index in [1.807, 2.05) is 31.2 Å². The fraction of sp³-hybridized carbons (Fsp3) is 0.444. The fourth-order valence-electron chi connectivity index (χ4n) is 2.00. The van der Waals surface area contributed by atoms with Crippen LogP contribution in [0.5, 0.6) is 5.75 Å². The highest BCUT2D eigenvalue weighted by atomic mass is 16.5. The van der Waals surface area contributed by atoms with Crippen LogP contribution < -0.4 is 15.4 Å². The van der Waals surface area contributed by atoms with Crippen LogP contribution in [0.15, 0.2) is 30.3 Å². The average molecular weight is 334 g/mol. The number of methoxy groups -OCH3 is 2. The van der Waals surface area contributed by atoms with Gasteiger partial charge in [-0.05, 0) is 37.1 Å². The van der Waals surface area contributed by atoms with Gasteiger partial charge >= 0.3 is 0 Å². The zero-order chi connectivity index (χ0) is 17.9. The lowest BCUT2D eigenvalue weighted by molar-refractivity contribution is -0.127. The Kier molecular flexibility index (Phi) is 8.57. The molecular weight excluding hydrogens is 308 g/mol. The molecule has 132 valence electrons. The van der Waals surface area contributed by atoms with Gasteiger partial charge in [0.25, 0.3) is 0 Å². The zero-order valence-corrected chi connectivity index (χ0v) is 14.7. The summed E-state index contributed by atoms with van der Waals surface area (Å²) in [7, 11) is 3.18. The van der Waals surface area contributed by atoms with Gasteiger partial charge in [0.05, 0.1) is 19.8 Å². The third kappa shape index (κ3) is 6.83. The van der Waals surface area contributed by atoms with Crippen LogP contribution in [0.25, 0.3) is 6.08 Å². The monoisotopic (exact) mass is 334 g/mol. The lowest BCUT2D eigenvalue weighted by atomic mass is 10.2. The van der Waals surface area contributed by atoms with Crippen molar-refractivity contribution in [2.45, 2.75) is 32.4 Å². The minimum absolute atomic E-state index is 0.0586. The molecule has 1 rings (SSSR count). The molecule has 2 N–H and O–H groups in total. The highest BCUT2D eigenvalue weighted by Gasteiger charge is 2.17. The number of carbonyl (C=O) groups is 2. The number of rotatable bonds is 9. The van der Waals surface area contributed by atoms with Gasteiger partial charge in [-0.2, -0.15) is 0 Å². The second-order valence-electron chi connectivity index (χ2n) is 5.41. The summed E-state index contributed by atoms with van der Waals surface area (Å²) in [5.41, 5.74) is 0.870. The molecule has 24 heavy (non-hydrogen) atoms. The molecule has 0 aromatic heterocycles. The molecule has 0 radical (unpaired) electrons. The molecule has 0 unspecified atom stereocenters. The fourth-order valence-corrected chi connectivity index (χ4v) is 2.00. The number of benzene rings is 1. The van der Waals surface area contributed by atoms with Gasteiger partial charge in [-0.1, -0.05) is 19.1 Å². The largest absolute Gasteiger partial charge is 0.497 e. The molecule has 0 spiro atoms. The first-order valence-electron chi connectivity index (χ1n) is 7.92. The SMILES string of the molecule is CC[C@H](COC)NC(=O)[C@H](C)NC(=O)/C=C/c1ccc(OC)cc1. The van der Waals surface area contributed by atoms with Gasteiger partial charge in [-0.15, -0.1) is 0 Å². The van der Waals surface area contributed by atoms with Crippen LogP contribution in [0.1, 0.15) is 25.8 Å². The standard InChI is InChI=1S/C18H26N2O4/c1-5-15(12-23-3)20-18(22)13(2)19-17(21)11-8-14-6-9-16(24-4)10-7-14/h6-11,13,15H,5,12H2,1-4H3,(H,19,21)(H,20,22)/b11-8+/t13-,15+/m0/s1. The molecular formula is C18H26N2O4. The molecule has 0 heterocycles. The van der Waals surface area contributed by atoms with E-state index in [9.17, 15) is 9.59 Å².